The molecular weight excluding hydrogens is 97.5 g/mol. The molecule has 6 heavy (non-hydrogen) atoms. The Bertz CT molecular complexity index is 36.8. The summed E-state index contributed by atoms with van der Waals surface area (Å²) in [4.78, 5) is 2.36. The molecule has 0 bridgehead atoms. The van der Waals surface area contributed by atoms with Gasteiger partial charge in [0.05, 0.1) is 0 Å². The van der Waals surface area contributed by atoms with Crippen LogP contribution in [0.1, 0.15) is 13.3 Å². The van der Waals surface area contributed by atoms with Crippen molar-refractivity contribution in [3.05, 3.63) is 12.3 Å². The fourth-order valence-corrected chi connectivity index (χ4v) is 0.251. The van der Waals surface area contributed by atoms with Gasteiger partial charge in [-0.25, -0.2) is 0 Å². The Morgan fingerprint density at radius 3 is 2.67 bits per heavy atom. The number of hydrogen-bond acceptors (Lipinski definition) is 1. The molecule has 0 amide bonds. The Morgan fingerprint density at radius 1 is 1.83 bits per heavy atom. The second-order valence-electron chi connectivity index (χ2n) is 0.920. The maximum absolute atomic E-state index is 5.04. The van der Waals surface area contributed by atoms with Crippen LogP contribution in [-0.4, -0.2) is 0 Å². The van der Waals surface area contributed by atoms with Gasteiger partial charge in [-0.05, 0) is 6.42 Å². The van der Waals surface area contributed by atoms with Crippen LogP contribution in [0.25, 0.3) is 0 Å². The Balaban J connectivity index is 2.73. The van der Waals surface area contributed by atoms with E-state index in [9.17, 15) is 0 Å². The van der Waals surface area contributed by atoms with E-state index in [4.69, 9.17) is 11.8 Å². The van der Waals surface area contributed by atoms with Gasteiger partial charge in [-0.2, -0.15) is 0 Å². The van der Waals surface area contributed by atoms with E-state index in [1.807, 2.05) is 13.0 Å². The summed E-state index contributed by atoms with van der Waals surface area (Å²) in [5.74, 6) is 0. The van der Waals surface area contributed by atoms with Crippen molar-refractivity contribution in [3.63, 3.8) is 0 Å². The lowest BCUT2D eigenvalue weighted by atomic mass is 10.5. The monoisotopic (exact) mass is 105 g/mol. The fraction of sp³-hybridized carbons (Fsp3) is 0.500. The molecule has 0 aliphatic rings. The Morgan fingerprint density at radius 2 is 2.50 bits per heavy atom. The third-order valence-corrected chi connectivity index (χ3v) is 0.543. The van der Waals surface area contributed by atoms with Crippen molar-refractivity contribution in [2.45, 2.75) is 13.3 Å². The van der Waals surface area contributed by atoms with Crippen LogP contribution in [0.5, 0.6) is 0 Å². The molecular formula is C4H8ClN. The first-order valence-electron chi connectivity index (χ1n) is 1.93. The molecule has 0 aromatic carbocycles. The standard InChI is InChI=1S/C4H8ClN/c1-2-3-4-6-5/h3-4,6H,2H2,1H3/b4-3+. The van der Waals surface area contributed by atoms with Crippen molar-refractivity contribution in [1.82, 2.24) is 4.84 Å². The summed E-state index contributed by atoms with van der Waals surface area (Å²) in [6, 6.07) is 0. The molecule has 0 aliphatic carbocycles. The quantitative estimate of drug-likeness (QED) is 0.527. The number of allylic oxidation sites excluding steroid dienone is 1. The first kappa shape index (κ1) is 5.83. The van der Waals surface area contributed by atoms with Crippen LogP contribution in [0, 0.1) is 0 Å². The lowest BCUT2D eigenvalue weighted by Gasteiger charge is -1.75. The molecule has 0 rings (SSSR count). The highest BCUT2D eigenvalue weighted by molar-refractivity contribution is 6.14. The van der Waals surface area contributed by atoms with Crippen molar-refractivity contribution in [2.24, 2.45) is 0 Å². The molecule has 0 atom stereocenters. The zero-order chi connectivity index (χ0) is 4.83. The van der Waals surface area contributed by atoms with Gasteiger partial charge in [0, 0.05) is 18.0 Å². The van der Waals surface area contributed by atoms with Gasteiger partial charge in [-0.3, -0.25) is 0 Å². The van der Waals surface area contributed by atoms with Gasteiger partial charge in [-0.1, -0.05) is 13.0 Å². The molecule has 1 nitrogen and oxygen atoms in total. The van der Waals surface area contributed by atoms with Gasteiger partial charge >= 0.3 is 0 Å². The lowest BCUT2D eigenvalue weighted by molar-refractivity contribution is 1.19. The van der Waals surface area contributed by atoms with Gasteiger partial charge in [0.25, 0.3) is 0 Å². The fourth-order valence-electron chi connectivity index (χ4n) is 0.162. The minimum absolute atomic E-state index is 1.03. The van der Waals surface area contributed by atoms with Crippen LogP contribution in [-0.2, 0) is 0 Å². The number of hydrogen-bond donors (Lipinski definition) is 1. The van der Waals surface area contributed by atoms with Gasteiger partial charge in [0.1, 0.15) is 0 Å². The molecule has 0 saturated heterocycles. The molecule has 0 spiro atoms. The Kier molecular flexibility index (Phi) is 4.69. The molecule has 0 radical (unpaired) electrons. The summed E-state index contributed by atoms with van der Waals surface area (Å²) < 4.78 is 0. The SMILES string of the molecule is CC/C=C/NCl. The number of nitrogens with one attached hydrogen (secondary N) is 1. The zero-order valence-corrected chi connectivity index (χ0v) is 4.50. The second kappa shape index (κ2) is 4.83. The number of halogens is 1. The van der Waals surface area contributed by atoms with E-state index >= 15 is 0 Å². The average Bonchev–Trinajstić information content (AvgIpc) is 1.61. The van der Waals surface area contributed by atoms with E-state index in [2.05, 4.69) is 4.84 Å². The molecule has 1 N–H and O–H groups in total. The van der Waals surface area contributed by atoms with Crippen molar-refractivity contribution in [3.8, 4) is 0 Å². The molecule has 0 saturated carbocycles. The predicted molar refractivity (Wildman–Crippen MR) is 28.4 cm³/mol. The van der Waals surface area contributed by atoms with Crippen LogP contribution in [0.15, 0.2) is 12.3 Å². The van der Waals surface area contributed by atoms with E-state index in [0.717, 1.165) is 6.42 Å². The summed E-state index contributed by atoms with van der Waals surface area (Å²) in [6.07, 6.45) is 4.66. The van der Waals surface area contributed by atoms with Crippen molar-refractivity contribution in [1.29, 1.82) is 0 Å². The normalized spacial score (nSPS) is 9.67. The highest BCUT2D eigenvalue weighted by Crippen LogP contribution is 1.74. The Labute approximate surface area is 43.1 Å². The van der Waals surface area contributed by atoms with Gasteiger partial charge in [-0.15, -0.1) is 0 Å². The molecule has 0 aromatic heterocycles. The van der Waals surface area contributed by atoms with Crippen LogP contribution in [0.3, 0.4) is 0 Å². The summed E-state index contributed by atoms with van der Waals surface area (Å²) >= 11 is 5.04. The zero-order valence-electron chi connectivity index (χ0n) is 3.74. The predicted octanol–water partition coefficient (Wildman–Crippen LogP) is 1.65. The largest absolute Gasteiger partial charge is 0.306 e. The van der Waals surface area contributed by atoms with E-state index in [0.29, 0.717) is 0 Å². The molecule has 0 aromatic rings. The van der Waals surface area contributed by atoms with Crippen LogP contribution < -0.4 is 4.84 Å². The first-order chi connectivity index (χ1) is 2.91. The summed E-state index contributed by atoms with van der Waals surface area (Å²) in [6.45, 7) is 2.05. The number of rotatable bonds is 2. The van der Waals surface area contributed by atoms with Gasteiger partial charge < -0.3 is 4.84 Å². The molecule has 2 heteroatoms. The minimum Gasteiger partial charge on any atom is -0.306 e. The van der Waals surface area contributed by atoms with E-state index in [-0.39, 0.29) is 0 Å². The van der Waals surface area contributed by atoms with Crippen LogP contribution in [0.2, 0.25) is 0 Å². The van der Waals surface area contributed by atoms with Crippen molar-refractivity contribution < 1.29 is 0 Å². The highest BCUT2D eigenvalue weighted by atomic mass is 35.5. The van der Waals surface area contributed by atoms with Crippen LogP contribution in [0.4, 0.5) is 0 Å². The lowest BCUT2D eigenvalue weighted by Crippen LogP contribution is -1.77. The van der Waals surface area contributed by atoms with Crippen molar-refractivity contribution >= 4 is 11.8 Å². The second-order valence-corrected chi connectivity index (χ2v) is 1.14. The average molecular weight is 106 g/mol. The smallest absolute Gasteiger partial charge is 0.00941 e. The summed E-state index contributed by atoms with van der Waals surface area (Å²) in [7, 11) is 0. The maximum Gasteiger partial charge on any atom is 0.00941 e. The highest BCUT2D eigenvalue weighted by Gasteiger charge is 1.58. The Hall–Kier alpha value is -0.170. The van der Waals surface area contributed by atoms with Gasteiger partial charge in [0.2, 0.25) is 0 Å². The molecule has 0 aliphatic heterocycles. The molecule has 0 heterocycles. The van der Waals surface area contributed by atoms with Gasteiger partial charge in [0.15, 0.2) is 0 Å². The minimum atomic E-state index is 1.03. The van der Waals surface area contributed by atoms with E-state index < -0.39 is 0 Å². The van der Waals surface area contributed by atoms with Crippen LogP contribution >= 0.6 is 11.8 Å². The maximum atomic E-state index is 5.04. The topological polar surface area (TPSA) is 12.0 Å². The molecule has 0 fully saturated rings. The third-order valence-electron chi connectivity index (χ3n) is 0.417. The molecule has 0 unspecified atom stereocenters. The molecule has 36 valence electrons. The summed E-state index contributed by atoms with van der Waals surface area (Å²) in [5, 5.41) is 0. The first-order valence-corrected chi connectivity index (χ1v) is 2.30. The van der Waals surface area contributed by atoms with E-state index in [1.165, 1.54) is 0 Å². The van der Waals surface area contributed by atoms with E-state index in [1.54, 1.807) is 6.20 Å². The summed E-state index contributed by atoms with van der Waals surface area (Å²) in [5.41, 5.74) is 0. The van der Waals surface area contributed by atoms with Crippen molar-refractivity contribution in [2.75, 3.05) is 0 Å². The third kappa shape index (κ3) is 3.83.